The molecule has 0 bridgehead atoms. The van der Waals surface area contributed by atoms with Crippen LogP contribution >= 0.6 is 0 Å². The molecule has 4 heteroatoms. The predicted octanol–water partition coefficient (Wildman–Crippen LogP) is 2.93. The van der Waals surface area contributed by atoms with E-state index in [0.717, 1.165) is 12.0 Å². The highest BCUT2D eigenvalue weighted by Gasteiger charge is 2.15. The zero-order chi connectivity index (χ0) is 15.8. The van der Waals surface area contributed by atoms with E-state index in [1.807, 2.05) is 36.4 Å². The minimum Gasteiger partial charge on any atom is -0.383 e. The van der Waals surface area contributed by atoms with Crippen LogP contribution in [0.1, 0.15) is 28.4 Å². The molecule has 0 N–H and O–H groups in total. The highest BCUT2D eigenvalue weighted by molar-refractivity contribution is 5.94. The van der Waals surface area contributed by atoms with Crippen LogP contribution in [0.2, 0.25) is 0 Å². The molecule has 2 rings (SSSR count). The van der Waals surface area contributed by atoms with Gasteiger partial charge in [-0.2, -0.15) is 0 Å². The SMILES string of the molecule is CCc1ccc(C(=O)N(CCOC)Cc2ccncc2)cc1. The largest absolute Gasteiger partial charge is 0.383 e. The van der Waals surface area contributed by atoms with Crippen LogP contribution < -0.4 is 0 Å². The predicted molar refractivity (Wildman–Crippen MR) is 86.7 cm³/mol. The third-order valence-corrected chi connectivity index (χ3v) is 3.58. The summed E-state index contributed by atoms with van der Waals surface area (Å²) >= 11 is 0. The van der Waals surface area contributed by atoms with E-state index in [1.54, 1.807) is 24.4 Å². The molecule has 0 aliphatic rings. The van der Waals surface area contributed by atoms with Gasteiger partial charge in [0.2, 0.25) is 0 Å². The number of aryl methyl sites for hydroxylation is 1. The van der Waals surface area contributed by atoms with Crippen molar-refractivity contribution < 1.29 is 9.53 Å². The van der Waals surface area contributed by atoms with Gasteiger partial charge in [0.1, 0.15) is 0 Å². The van der Waals surface area contributed by atoms with E-state index in [2.05, 4.69) is 11.9 Å². The molecule has 0 radical (unpaired) electrons. The second-order valence-electron chi connectivity index (χ2n) is 5.13. The van der Waals surface area contributed by atoms with Gasteiger partial charge in [-0.1, -0.05) is 19.1 Å². The van der Waals surface area contributed by atoms with Crippen molar-refractivity contribution in [2.45, 2.75) is 19.9 Å². The first-order chi connectivity index (χ1) is 10.7. The molecule has 0 atom stereocenters. The lowest BCUT2D eigenvalue weighted by atomic mass is 10.1. The molecular formula is C18H22N2O2. The van der Waals surface area contributed by atoms with Gasteiger partial charge in [0.15, 0.2) is 0 Å². The average Bonchev–Trinajstić information content (AvgIpc) is 2.59. The van der Waals surface area contributed by atoms with Crippen molar-refractivity contribution in [3.8, 4) is 0 Å². The number of nitrogens with zero attached hydrogens (tertiary/aromatic N) is 2. The minimum atomic E-state index is 0.0246. The van der Waals surface area contributed by atoms with Crippen LogP contribution in [0, 0.1) is 0 Å². The van der Waals surface area contributed by atoms with E-state index in [-0.39, 0.29) is 5.91 Å². The molecule has 1 amide bonds. The van der Waals surface area contributed by atoms with Gasteiger partial charge in [-0.3, -0.25) is 9.78 Å². The number of ether oxygens (including phenoxy) is 1. The molecule has 116 valence electrons. The Bertz CT molecular complexity index is 582. The Morgan fingerprint density at radius 2 is 1.77 bits per heavy atom. The number of carbonyl (C=O) groups is 1. The number of pyridine rings is 1. The lowest BCUT2D eigenvalue weighted by molar-refractivity contribution is 0.0680. The summed E-state index contributed by atoms with van der Waals surface area (Å²) in [5.41, 5.74) is 3.00. The van der Waals surface area contributed by atoms with Gasteiger partial charge in [-0.05, 0) is 41.8 Å². The number of hydrogen-bond donors (Lipinski definition) is 0. The molecule has 1 aromatic carbocycles. The number of amides is 1. The van der Waals surface area contributed by atoms with E-state index in [4.69, 9.17) is 4.74 Å². The van der Waals surface area contributed by atoms with E-state index >= 15 is 0 Å². The molecular weight excluding hydrogens is 276 g/mol. The van der Waals surface area contributed by atoms with Crippen LogP contribution in [0.25, 0.3) is 0 Å². The molecule has 4 nitrogen and oxygen atoms in total. The minimum absolute atomic E-state index is 0.0246. The lowest BCUT2D eigenvalue weighted by Gasteiger charge is -2.22. The third-order valence-electron chi connectivity index (χ3n) is 3.58. The summed E-state index contributed by atoms with van der Waals surface area (Å²) in [5, 5.41) is 0. The number of aromatic nitrogens is 1. The van der Waals surface area contributed by atoms with Gasteiger partial charge in [0.05, 0.1) is 6.61 Å². The third kappa shape index (κ3) is 4.40. The van der Waals surface area contributed by atoms with Crippen LogP contribution in [-0.4, -0.2) is 36.1 Å². The molecule has 1 heterocycles. The van der Waals surface area contributed by atoms with Gasteiger partial charge in [-0.15, -0.1) is 0 Å². The second-order valence-corrected chi connectivity index (χ2v) is 5.13. The zero-order valence-electron chi connectivity index (χ0n) is 13.2. The van der Waals surface area contributed by atoms with E-state index in [0.29, 0.717) is 25.3 Å². The number of carbonyl (C=O) groups excluding carboxylic acids is 1. The molecule has 0 unspecified atom stereocenters. The quantitative estimate of drug-likeness (QED) is 0.789. The van der Waals surface area contributed by atoms with Gasteiger partial charge in [0.25, 0.3) is 5.91 Å². The van der Waals surface area contributed by atoms with Crippen molar-refractivity contribution in [2.24, 2.45) is 0 Å². The van der Waals surface area contributed by atoms with Crippen molar-refractivity contribution in [3.05, 3.63) is 65.5 Å². The normalized spacial score (nSPS) is 10.5. The highest BCUT2D eigenvalue weighted by atomic mass is 16.5. The summed E-state index contributed by atoms with van der Waals surface area (Å²) in [6.07, 6.45) is 4.45. The zero-order valence-corrected chi connectivity index (χ0v) is 13.2. The van der Waals surface area contributed by atoms with Crippen LogP contribution in [0.3, 0.4) is 0 Å². The van der Waals surface area contributed by atoms with Crippen LogP contribution in [0.5, 0.6) is 0 Å². The van der Waals surface area contributed by atoms with Gasteiger partial charge in [0, 0.05) is 38.2 Å². The van der Waals surface area contributed by atoms with E-state index < -0.39 is 0 Å². The first-order valence-corrected chi connectivity index (χ1v) is 7.50. The van der Waals surface area contributed by atoms with Crippen molar-refractivity contribution >= 4 is 5.91 Å². The maximum absolute atomic E-state index is 12.7. The molecule has 0 spiro atoms. The topological polar surface area (TPSA) is 42.4 Å². The summed E-state index contributed by atoms with van der Waals surface area (Å²) in [6.45, 7) is 3.74. The Kier molecular flexibility index (Phi) is 6.10. The fourth-order valence-electron chi connectivity index (χ4n) is 2.23. The summed E-state index contributed by atoms with van der Waals surface area (Å²) in [4.78, 5) is 18.5. The van der Waals surface area contributed by atoms with Gasteiger partial charge < -0.3 is 9.64 Å². The Morgan fingerprint density at radius 3 is 2.36 bits per heavy atom. The van der Waals surface area contributed by atoms with Crippen molar-refractivity contribution in [1.82, 2.24) is 9.88 Å². The van der Waals surface area contributed by atoms with E-state index in [9.17, 15) is 4.79 Å². The fraction of sp³-hybridized carbons (Fsp3) is 0.333. The number of rotatable bonds is 7. The Morgan fingerprint density at radius 1 is 1.09 bits per heavy atom. The van der Waals surface area contributed by atoms with Crippen LogP contribution in [-0.2, 0) is 17.7 Å². The van der Waals surface area contributed by atoms with Crippen molar-refractivity contribution in [3.63, 3.8) is 0 Å². The monoisotopic (exact) mass is 298 g/mol. The number of methoxy groups -OCH3 is 1. The fourth-order valence-corrected chi connectivity index (χ4v) is 2.23. The average molecular weight is 298 g/mol. The van der Waals surface area contributed by atoms with Gasteiger partial charge >= 0.3 is 0 Å². The van der Waals surface area contributed by atoms with Crippen molar-refractivity contribution in [1.29, 1.82) is 0 Å². The molecule has 0 aliphatic carbocycles. The van der Waals surface area contributed by atoms with Crippen LogP contribution in [0.4, 0.5) is 0 Å². The molecule has 22 heavy (non-hydrogen) atoms. The standard InChI is InChI=1S/C18H22N2O2/c1-3-15-4-6-17(7-5-15)18(21)20(12-13-22-2)14-16-8-10-19-11-9-16/h4-11H,3,12-14H2,1-2H3. The highest BCUT2D eigenvalue weighted by Crippen LogP contribution is 2.11. The molecule has 0 aliphatic heterocycles. The summed E-state index contributed by atoms with van der Waals surface area (Å²) in [7, 11) is 1.64. The van der Waals surface area contributed by atoms with Crippen LogP contribution in [0.15, 0.2) is 48.8 Å². The Balaban J connectivity index is 2.14. The molecule has 2 aromatic rings. The Hall–Kier alpha value is -2.20. The molecule has 0 saturated carbocycles. The second kappa shape index (κ2) is 8.29. The summed E-state index contributed by atoms with van der Waals surface area (Å²) in [5.74, 6) is 0.0246. The molecule has 0 fully saturated rings. The maximum atomic E-state index is 12.7. The smallest absolute Gasteiger partial charge is 0.254 e. The summed E-state index contributed by atoms with van der Waals surface area (Å²) < 4.78 is 5.13. The first kappa shape index (κ1) is 16.2. The summed E-state index contributed by atoms with van der Waals surface area (Å²) in [6, 6.07) is 11.7. The van der Waals surface area contributed by atoms with Gasteiger partial charge in [-0.25, -0.2) is 0 Å². The number of hydrogen-bond acceptors (Lipinski definition) is 3. The van der Waals surface area contributed by atoms with E-state index in [1.165, 1.54) is 5.56 Å². The number of benzene rings is 1. The van der Waals surface area contributed by atoms with Crippen molar-refractivity contribution in [2.75, 3.05) is 20.3 Å². The lowest BCUT2D eigenvalue weighted by Crippen LogP contribution is -2.33. The first-order valence-electron chi connectivity index (χ1n) is 7.50. The Labute approximate surface area is 131 Å². The molecule has 0 saturated heterocycles. The maximum Gasteiger partial charge on any atom is 0.254 e. The molecule has 1 aromatic heterocycles.